The molecule has 2 heterocycles. The Morgan fingerprint density at radius 1 is 0.919 bits per heavy atom. The summed E-state index contributed by atoms with van der Waals surface area (Å²) >= 11 is 0. The molecule has 1 unspecified atom stereocenters. The van der Waals surface area contributed by atoms with E-state index in [1.165, 1.54) is 0 Å². The van der Waals surface area contributed by atoms with Crippen molar-refractivity contribution in [2.24, 2.45) is 0 Å². The predicted octanol–water partition coefficient (Wildman–Crippen LogP) is 6.05. The van der Waals surface area contributed by atoms with Crippen molar-refractivity contribution in [3.8, 4) is 17.2 Å². The Kier molecular flexibility index (Phi) is 15.7. The number of carbonyl (C=O) groups is 6. The van der Waals surface area contributed by atoms with Gasteiger partial charge in [-0.2, -0.15) is 0 Å². The average Bonchev–Trinajstić information content (AvgIpc) is 3.53. The van der Waals surface area contributed by atoms with Gasteiger partial charge in [-0.25, -0.2) is 13.8 Å². The molecule has 0 aliphatic carbocycles. The molecule has 15 nitrogen and oxygen atoms in total. The fourth-order valence-electron chi connectivity index (χ4n) is 7.52. The average molecular weight is 875 g/mol. The number of imide groups is 1. The second-order valence-corrected chi connectivity index (χ2v) is 17.1. The van der Waals surface area contributed by atoms with Crippen LogP contribution in [0.15, 0.2) is 65.6 Å². The molecule has 3 aromatic rings. The maximum Gasteiger partial charge on any atom is 0.333 e. The van der Waals surface area contributed by atoms with Crippen molar-refractivity contribution in [2.45, 2.75) is 97.1 Å². The quantitative estimate of drug-likeness (QED) is 0.0833. The normalized spacial score (nSPS) is 17.1. The molecule has 3 amide bonds. The molecule has 0 saturated carbocycles. The van der Waals surface area contributed by atoms with E-state index in [-0.39, 0.29) is 17.4 Å². The number of methoxy groups -OCH3 is 2. The minimum Gasteiger partial charge on any atom is -0.493 e. The molecule has 2 aliphatic rings. The zero-order valence-electron chi connectivity index (χ0n) is 35.9. The molecule has 62 heavy (non-hydrogen) atoms. The van der Waals surface area contributed by atoms with Crippen molar-refractivity contribution in [2.75, 3.05) is 27.4 Å². The molecule has 2 aliphatic heterocycles. The fourth-order valence-corrected chi connectivity index (χ4v) is 8.16. The number of hydrogen-bond donors (Lipinski definition) is 1. The number of aryl methyl sites for hydroxylation is 4. The Hall–Kier alpha value is -6.00. The zero-order chi connectivity index (χ0) is 45.3. The number of piperidine rings is 1. The first kappa shape index (κ1) is 47.1. The van der Waals surface area contributed by atoms with Gasteiger partial charge in [0.05, 0.1) is 26.6 Å². The number of nitrogens with zero attached hydrogens (tertiary/aromatic N) is 2. The molecule has 1 saturated heterocycles. The van der Waals surface area contributed by atoms with E-state index in [2.05, 4.69) is 11.9 Å². The Balaban J connectivity index is 1.28. The van der Waals surface area contributed by atoms with Crippen LogP contribution in [0.1, 0.15) is 97.3 Å². The molecular formula is C46H54N2O13S. The maximum absolute atomic E-state index is 14.4. The first-order chi connectivity index (χ1) is 29.4. The summed E-state index contributed by atoms with van der Waals surface area (Å²) in [4.78, 5) is 83.7. The molecular weight excluding hydrogens is 821 g/mol. The number of amides is 3. The highest BCUT2D eigenvalue weighted by molar-refractivity contribution is 7.99. The van der Waals surface area contributed by atoms with Crippen LogP contribution in [0, 0.1) is 20.8 Å². The zero-order valence-corrected chi connectivity index (χ0v) is 36.7. The van der Waals surface area contributed by atoms with Crippen LogP contribution in [0.3, 0.4) is 0 Å². The topological polar surface area (TPSA) is 192 Å². The molecule has 332 valence electrons. The lowest BCUT2D eigenvalue weighted by Gasteiger charge is -2.37. The van der Waals surface area contributed by atoms with Gasteiger partial charge in [-0.05, 0) is 117 Å². The van der Waals surface area contributed by atoms with E-state index >= 15 is 0 Å². The van der Waals surface area contributed by atoms with Crippen molar-refractivity contribution < 1.29 is 61.3 Å². The molecule has 16 heteroatoms. The number of ketones is 1. The maximum atomic E-state index is 14.4. The van der Waals surface area contributed by atoms with Gasteiger partial charge in [0.15, 0.2) is 17.3 Å². The molecule has 1 fully saturated rings. The Morgan fingerprint density at radius 3 is 2.34 bits per heavy atom. The minimum atomic E-state index is -4.03. The molecule has 0 spiro atoms. The van der Waals surface area contributed by atoms with Crippen LogP contribution >= 0.6 is 0 Å². The first-order valence-electron chi connectivity index (χ1n) is 20.4. The van der Waals surface area contributed by atoms with Gasteiger partial charge in [0.1, 0.15) is 39.2 Å². The van der Waals surface area contributed by atoms with Crippen LogP contribution in [0.25, 0.3) is 0 Å². The standard InChI is InChI=1S/C46H54N2O13S/c1-8-36(33-23-30(4)43(58-6)39(25-33)57-5)44(52)47-21-10-9-14-37(47)46(54)60-38(19-17-31-16-15-28(2)29(3)22-31)32-12-11-13-35(24-32)59-27-34(49)18-20-42(51)61-48-41(50)26-40(45(48)53)62(7,55)56/h11-13,15-16,22-26,36-38H,7-10,14,17-21,27H2,1-6H3,(H,55,56)/t36-,37-,38+/m0/s1. The van der Waals surface area contributed by atoms with Crippen LogP contribution in [0.2, 0.25) is 0 Å². The highest BCUT2D eigenvalue weighted by Crippen LogP contribution is 2.37. The van der Waals surface area contributed by atoms with Crippen LogP contribution < -0.4 is 14.2 Å². The summed E-state index contributed by atoms with van der Waals surface area (Å²) in [7, 11) is -0.919. The second kappa shape index (κ2) is 20.7. The Bertz CT molecular complexity index is 2360. The van der Waals surface area contributed by atoms with Crippen LogP contribution in [0.5, 0.6) is 17.2 Å². The van der Waals surface area contributed by atoms with Crippen molar-refractivity contribution in [3.05, 3.63) is 99.0 Å². The van der Waals surface area contributed by atoms with Gasteiger partial charge in [0, 0.05) is 19.0 Å². The molecule has 4 atom stereocenters. The molecule has 3 aromatic carbocycles. The summed E-state index contributed by atoms with van der Waals surface area (Å²) in [5, 5.41) is 0.0426. The second-order valence-electron chi connectivity index (χ2n) is 15.4. The number of rotatable bonds is 19. The van der Waals surface area contributed by atoms with Crippen molar-refractivity contribution >= 4 is 51.1 Å². The number of hydroxylamine groups is 2. The summed E-state index contributed by atoms with van der Waals surface area (Å²) in [5.74, 6) is -0.907. The van der Waals surface area contributed by atoms with Crippen molar-refractivity contribution in [1.82, 2.24) is 9.96 Å². The Morgan fingerprint density at radius 2 is 1.68 bits per heavy atom. The summed E-state index contributed by atoms with van der Waals surface area (Å²) in [6, 6.07) is 15.9. The summed E-state index contributed by atoms with van der Waals surface area (Å²) < 4.78 is 44.5. The molecule has 5 rings (SSSR count). The number of Topliss-reactive ketones (excluding diaryl/α,β-unsaturated/α-hetero) is 1. The lowest BCUT2D eigenvalue weighted by molar-refractivity contribution is -0.196. The van der Waals surface area contributed by atoms with Gasteiger partial charge in [-0.15, -0.1) is 0 Å². The van der Waals surface area contributed by atoms with Gasteiger partial charge in [-0.1, -0.05) is 48.4 Å². The third kappa shape index (κ3) is 11.5. The van der Waals surface area contributed by atoms with Gasteiger partial charge < -0.3 is 33.2 Å². The highest BCUT2D eigenvalue weighted by atomic mass is 32.2. The molecule has 0 aromatic heterocycles. The Labute approximate surface area is 362 Å². The number of esters is 1. The van der Waals surface area contributed by atoms with E-state index in [0.717, 1.165) is 40.7 Å². The fraction of sp³-hybridized carbons (Fsp3) is 0.413. The third-order valence-corrected chi connectivity index (χ3v) is 12.0. The number of hydrogen-bond acceptors (Lipinski definition) is 12. The lowest BCUT2D eigenvalue weighted by Crippen LogP contribution is -2.50. The van der Waals surface area contributed by atoms with E-state index in [0.29, 0.717) is 61.1 Å². The monoisotopic (exact) mass is 874 g/mol. The number of carbonyl (C=O) groups excluding carboxylic acids is 6. The van der Waals surface area contributed by atoms with Gasteiger partial charge in [-0.3, -0.25) is 19.2 Å². The minimum absolute atomic E-state index is 0.0426. The van der Waals surface area contributed by atoms with E-state index in [9.17, 15) is 37.5 Å². The van der Waals surface area contributed by atoms with E-state index in [1.807, 2.05) is 52.0 Å². The SMILES string of the molecule is C=S(=O)(O)C1=CC(=O)N(OC(=O)CCC(=O)COc2cccc([C@@H](CCc3ccc(C)c(C)c3)OC(=O)[C@@H]3CCCCN3C(=O)[C@@H](CC)c3cc(C)c(OC)c(OC)c3)c2)C1=O. The summed E-state index contributed by atoms with van der Waals surface area (Å²) in [5.41, 5.74) is 5.55. The van der Waals surface area contributed by atoms with Gasteiger partial charge in [0.25, 0.3) is 5.91 Å². The van der Waals surface area contributed by atoms with Crippen LogP contribution in [0.4, 0.5) is 0 Å². The smallest absolute Gasteiger partial charge is 0.333 e. The van der Waals surface area contributed by atoms with Gasteiger partial charge in [0.2, 0.25) is 5.91 Å². The molecule has 1 N–H and O–H groups in total. The van der Waals surface area contributed by atoms with E-state index < -0.39 is 75.3 Å². The van der Waals surface area contributed by atoms with Crippen molar-refractivity contribution in [1.29, 1.82) is 0 Å². The number of ether oxygens (including phenoxy) is 4. The highest BCUT2D eigenvalue weighted by Gasteiger charge is 2.39. The summed E-state index contributed by atoms with van der Waals surface area (Å²) in [6.45, 7) is 7.86. The predicted molar refractivity (Wildman–Crippen MR) is 230 cm³/mol. The number of benzene rings is 3. The van der Waals surface area contributed by atoms with E-state index in [1.54, 1.807) is 43.4 Å². The van der Waals surface area contributed by atoms with Gasteiger partial charge >= 0.3 is 17.8 Å². The van der Waals surface area contributed by atoms with Crippen LogP contribution in [-0.4, -0.2) is 93.5 Å². The number of likely N-dealkylation sites (tertiary alicyclic amines) is 1. The third-order valence-electron chi connectivity index (χ3n) is 11.0. The molecule has 0 radical (unpaired) electrons. The lowest BCUT2D eigenvalue weighted by atomic mass is 9.91. The van der Waals surface area contributed by atoms with Crippen molar-refractivity contribution in [3.63, 3.8) is 0 Å². The summed E-state index contributed by atoms with van der Waals surface area (Å²) in [6.07, 6.45) is 2.34. The van der Waals surface area contributed by atoms with Crippen LogP contribution in [-0.2, 0) is 54.6 Å². The largest absolute Gasteiger partial charge is 0.493 e. The molecule has 0 bridgehead atoms. The first-order valence-corrected chi connectivity index (χ1v) is 22.1. The van der Waals surface area contributed by atoms with E-state index in [4.69, 9.17) is 23.8 Å².